The fourth-order valence-corrected chi connectivity index (χ4v) is 2.90. The predicted molar refractivity (Wildman–Crippen MR) is 80.8 cm³/mol. The second-order valence-corrected chi connectivity index (χ2v) is 5.80. The Balaban J connectivity index is 1.86. The Labute approximate surface area is 125 Å². The number of benzene rings is 1. The van der Waals surface area contributed by atoms with Crippen LogP contribution >= 0.6 is 11.6 Å². The van der Waals surface area contributed by atoms with Crippen molar-refractivity contribution in [2.24, 2.45) is 5.92 Å². The lowest BCUT2D eigenvalue weighted by atomic mass is 9.96. The van der Waals surface area contributed by atoms with E-state index in [2.05, 4.69) is 17.0 Å². The molecular formula is C16H22ClNO2. The molecule has 0 aromatic heterocycles. The third kappa shape index (κ3) is 3.97. The topological polar surface area (TPSA) is 29.5 Å². The van der Waals surface area contributed by atoms with Crippen molar-refractivity contribution in [1.82, 2.24) is 4.90 Å². The summed E-state index contributed by atoms with van der Waals surface area (Å²) >= 11 is 6.27. The first-order valence-corrected chi connectivity index (χ1v) is 7.62. The molecule has 0 amide bonds. The van der Waals surface area contributed by atoms with Crippen molar-refractivity contribution < 1.29 is 9.53 Å². The highest BCUT2D eigenvalue weighted by Gasteiger charge is 2.26. The van der Waals surface area contributed by atoms with Gasteiger partial charge in [-0.1, -0.05) is 23.7 Å². The number of halogens is 1. The van der Waals surface area contributed by atoms with Gasteiger partial charge in [0.15, 0.2) is 0 Å². The second-order valence-electron chi connectivity index (χ2n) is 5.40. The summed E-state index contributed by atoms with van der Waals surface area (Å²) in [6, 6.07) is 6.18. The summed E-state index contributed by atoms with van der Waals surface area (Å²) in [7, 11) is 0. The average Bonchev–Trinajstić information content (AvgIpc) is 2.43. The molecular weight excluding hydrogens is 274 g/mol. The highest BCUT2D eigenvalue weighted by molar-refractivity contribution is 6.31. The third-order valence-electron chi connectivity index (χ3n) is 3.81. The second kappa shape index (κ2) is 7.09. The van der Waals surface area contributed by atoms with Gasteiger partial charge in [-0.2, -0.15) is 0 Å². The van der Waals surface area contributed by atoms with Crippen molar-refractivity contribution >= 4 is 17.6 Å². The molecule has 1 aliphatic rings. The van der Waals surface area contributed by atoms with Crippen LogP contribution in [0.2, 0.25) is 5.02 Å². The van der Waals surface area contributed by atoms with Gasteiger partial charge in [0.25, 0.3) is 0 Å². The van der Waals surface area contributed by atoms with Crippen LogP contribution in [0.25, 0.3) is 0 Å². The Morgan fingerprint density at radius 1 is 1.40 bits per heavy atom. The molecule has 1 aromatic carbocycles. The van der Waals surface area contributed by atoms with E-state index in [9.17, 15) is 4.79 Å². The molecule has 2 rings (SSSR count). The lowest BCUT2D eigenvalue weighted by Gasteiger charge is -2.31. The first kappa shape index (κ1) is 15.3. The van der Waals surface area contributed by atoms with E-state index >= 15 is 0 Å². The number of piperidine rings is 1. The molecule has 1 aliphatic heterocycles. The van der Waals surface area contributed by atoms with E-state index in [1.54, 1.807) is 0 Å². The van der Waals surface area contributed by atoms with E-state index in [0.29, 0.717) is 6.61 Å². The highest BCUT2D eigenvalue weighted by atomic mass is 35.5. The lowest BCUT2D eigenvalue weighted by Crippen LogP contribution is -2.36. The number of aryl methyl sites for hydroxylation is 1. The fourth-order valence-electron chi connectivity index (χ4n) is 2.61. The van der Waals surface area contributed by atoms with Gasteiger partial charge in [0.2, 0.25) is 0 Å². The first-order chi connectivity index (χ1) is 9.60. The van der Waals surface area contributed by atoms with Crippen molar-refractivity contribution in [2.75, 3.05) is 19.7 Å². The molecule has 110 valence electrons. The summed E-state index contributed by atoms with van der Waals surface area (Å²) in [5.41, 5.74) is 2.34. The molecule has 0 unspecified atom stereocenters. The largest absolute Gasteiger partial charge is 0.466 e. The highest BCUT2D eigenvalue weighted by Crippen LogP contribution is 2.23. The van der Waals surface area contributed by atoms with Gasteiger partial charge in [0.05, 0.1) is 12.5 Å². The molecule has 1 heterocycles. The fraction of sp³-hybridized carbons (Fsp3) is 0.562. The van der Waals surface area contributed by atoms with Crippen LogP contribution in [-0.4, -0.2) is 30.6 Å². The van der Waals surface area contributed by atoms with E-state index in [4.69, 9.17) is 16.3 Å². The average molecular weight is 296 g/mol. The van der Waals surface area contributed by atoms with Gasteiger partial charge < -0.3 is 4.74 Å². The van der Waals surface area contributed by atoms with Gasteiger partial charge in [-0.25, -0.2) is 0 Å². The van der Waals surface area contributed by atoms with Crippen molar-refractivity contribution in [3.63, 3.8) is 0 Å². The molecule has 0 radical (unpaired) electrons. The quantitative estimate of drug-likeness (QED) is 0.797. The minimum absolute atomic E-state index is 0.0412. The molecule has 20 heavy (non-hydrogen) atoms. The maximum absolute atomic E-state index is 11.7. The van der Waals surface area contributed by atoms with Gasteiger partial charge in [-0.05, 0) is 57.0 Å². The number of nitrogens with zero attached hydrogens (tertiary/aromatic N) is 1. The van der Waals surface area contributed by atoms with Gasteiger partial charge in [-0.3, -0.25) is 9.69 Å². The number of carbonyl (C=O) groups is 1. The molecule has 0 N–H and O–H groups in total. The number of esters is 1. The Hall–Kier alpha value is -1.06. The van der Waals surface area contributed by atoms with Crippen LogP contribution < -0.4 is 0 Å². The molecule has 0 atom stereocenters. The van der Waals surface area contributed by atoms with E-state index in [-0.39, 0.29) is 11.9 Å². The SMILES string of the molecule is CCOC(=O)C1CCN(Cc2ccc(C)cc2Cl)CC1. The normalized spacial score (nSPS) is 17.1. The molecule has 0 aliphatic carbocycles. The molecule has 1 fully saturated rings. The van der Waals surface area contributed by atoms with Crippen LogP contribution in [0, 0.1) is 12.8 Å². The van der Waals surface area contributed by atoms with Crippen LogP contribution in [0.3, 0.4) is 0 Å². The van der Waals surface area contributed by atoms with Crippen molar-refractivity contribution in [3.8, 4) is 0 Å². The lowest BCUT2D eigenvalue weighted by molar-refractivity contribution is -0.149. The zero-order valence-corrected chi connectivity index (χ0v) is 12.9. The third-order valence-corrected chi connectivity index (χ3v) is 4.16. The van der Waals surface area contributed by atoms with Crippen LogP contribution in [0.5, 0.6) is 0 Å². The standard InChI is InChI=1S/C16H22ClNO2/c1-3-20-16(19)13-6-8-18(9-7-13)11-14-5-4-12(2)10-15(14)17/h4-5,10,13H,3,6-9,11H2,1-2H3. The number of rotatable bonds is 4. The Morgan fingerprint density at radius 3 is 2.70 bits per heavy atom. The van der Waals surface area contributed by atoms with E-state index in [1.165, 1.54) is 5.56 Å². The first-order valence-electron chi connectivity index (χ1n) is 7.24. The smallest absolute Gasteiger partial charge is 0.309 e. The number of ether oxygens (including phenoxy) is 1. The molecule has 1 aromatic rings. The number of carbonyl (C=O) groups excluding carboxylic acids is 1. The van der Waals surface area contributed by atoms with Crippen LogP contribution in [-0.2, 0) is 16.1 Å². The van der Waals surface area contributed by atoms with Crippen LogP contribution in [0.15, 0.2) is 18.2 Å². The molecule has 4 heteroatoms. The number of likely N-dealkylation sites (tertiary alicyclic amines) is 1. The van der Waals surface area contributed by atoms with Crippen molar-refractivity contribution in [2.45, 2.75) is 33.2 Å². The summed E-state index contributed by atoms with van der Waals surface area (Å²) in [6.07, 6.45) is 1.75. The van der Waals surface area contributed by atoms with Gasteiger partial charge in [0, 0.05) is 11.6 Å². The van der Waals surface area contributed by atoms with Crippen LogP contribution in [0.1, 0.15) is 30.9 Å². The Bertz CT molecular complexity index is 468. The maximum Gasteiger partial charge on any atom is 0.309 e. The van der Waals surface area contributed by atoms with E-state index in [1.807, 2.05) is 19.9 Å². The van der Waals surface area contributed by atoms with E-state index in [0.717, 1.165) is 43.1 Å². The minimum Gasteiger partial charge on any atom is -0.466 e. The number of hydrogen-bond acceptors (Lipinski definition) is 3. The molecule has 0 saturated carbocycles. The monoisotopic (exact) mass is 295 g/mol. The van der Waals surface area contributed by atoms with Gasteiger partial charge >= 0.3 is 5.97 Å². The van der Waals surface area contributed by atoms with Gasteiger partial charge in [-0.15, -0.1) is 0 Å². The van der Waals surface area contributed by atoms with Gasteiger partial charge in [0.1, 0.15) is 0 Å². The Kier molecular flexibility index (Phi) is 5.44. The van der Waals surface area contributed by atoms with Crippen molar-refractivity contribution in [3.05, 3.63) is 34.3 Å². The Morgan fingerprint density at radius 2 is 2.10 bits per heavy atom. The summed E-state index contributed by atoms with van der Waals surface area (Å²) in [4.78, 5) is 14.0. The molecule has 0 bridgehead atoms. The predicted octanol–water partition coefficient (Wildman–Crippen LogP) is 3.42. The summed E-state index contributed by atoms with van der Waals surface area (Å²) in [5.74, 6) is 0.0280. The zero-order valence-electron chi connectivity index (χ0n) is 12.2. The minimum atomic E-state index is -0.0412. The maximum atomic E-state index is 11.7. The molecule has 1 saturated heterocycles. The molecule has 0 spiro atoms. The van der Waals surface area contributed by atoms with Crippen molar-refractivity contribution in [1.29, 1.82) is 0 Å². The number of hydrogen-bond donors (Lipinski definition) is 0. The van der Waals surface area contributed by atoms with Crippen LogP contribution in [0.4, 0.5) is 0 Å². The zero-order chi connectivity index (χ0) is 14.5. The summed E-state index contributed by atoms with van der Waals surface area (Å²) in [6.45, 7) is 7.07. The summed E-state index contributed by atoms with van der Waals surface area (Å²) < 4.78 is 5.09. The summed E-state index contributed by atoms with van der Waals surface area (Å²) in [5, 5.41) is 0.831. The molecule has 3 nitrogen and oxygen atoms in total. The van der Waals surface area contributed by atoms with E-state index < -0.39 is 0 Å².